The van der Waals surface area contributed by atoms with Gasteiger partial charge in [-0.25, -0.2) is 0 Å². The Hall–Kier alpha value is -4.02. The maximum Gasteiger partial charge on any atom is 0.270 e. The summed E-state index contributed by atoms with van der Waals surface area (Å²) < 4.78 is 0. The first-order valence-corrected chi connectivity index (χ1v) is 14.3. The highest BCUT2D eigenvalue weighted by atomic mass is 16.2. The van der Waals surface area contributed by atoms with Crippen LogP contribution < -0.4 is 5.32 Å². The number of pyridine rings is 1. The van der Waals surface area contributed by atoms with Crippen LogP contribution >= 0.6 is 0 Å². The highest BCUT2D eigenvalue weighted by molar-refractivity contribution is 5.96. The van der Waals surface area contributed by atoms with Crippen LogP contribution in [0.1, 0.15) is 68.8 Å². The van der Waals surface area contributed by atoms with Gasteiger partial charge < -0.3 is 10.2 Å². The number of nitrogens with zero attached hydrogens (tertiary/aromatic N) is 4. The lowest BCUT2D eigenvalue weighted by atomic mass is 9.90. The van der Waals surface area contributed by atoms with Gasteiger partial charge >= 0.3 is 0 Å². The van der Waals surface area contributed by atoms with E-state index in [9.17, 15) is 9.59 Å². The van der Waals surface area contributed by atoms with Crippen molar-refractivity contribution in [3.8, 4) is 6.07 Å². The molecule has 0 spiro atoms. The van der Waals surface area contributed by atoms with E-state index in [4.69, 9.17) is 5.26 Å². The maximum absolute atomic E-state index is 13.1. The smallest absolute Gasteiger partial charge is 0.270 e. The van der Waals surface area contributed by atoms with E-state index in [0.717, 1.165) is 64.8 Å². The fourth-order valence-corrected chi connectivity index (χ4v) is 5.67. The number of nitriles is 1. The van der Waals surface area contributed by atoms with E-state index in [1.807, 2.05) is 29.2 Å². The summed E-state index contributed by atoms with van der Waals surface area (Å²) in [5, 5.41) is 12.1. The molecule has 0 unspecified atom stereocenters. The number of nitrogens with one attached hydrogen (secondary N) is 1. The van der Waals surface area contributed by atoms with Crippen LogP contribution in [-0.4, -0.2) is 58.8 Å². The molecule has 2 fully saturated rings. The van der Waals surface area contributed by atoms with E-state index in [-0.39, 0.29) is 17.9 Å². The molecule has 2 aromatic carbocycles. The molecule has 7 nitrogen and oxygen atoms in total. The second-order valence-electron chi connectivity index (χ2n) is 11.2. The van der Waals surface area contributed by atoms with E-state index in [1.165, 1.54) is 22.9 Å². The van der Waals surface area contributed by atoms with Crippen molar-refractivity contribution in [1.82, 2.24) is 20.1 Å². The number of aromatic nitrogens is 1. The molecule has 3 aromatic rings. The van der Waals surface area contributed by atoms with Gasteiger partial charge in [0.25, 0.3) is 11.8 Å². The molecule has 0 bridgehead atoms. The molecule has 2 aliphatic rings. The van der Waals surface area contributed by atoms with E-state index in [0.29, 0.717) is 22.7 Å². The predicted molar refractivity (Wildman–Crippen MR) is 155 cm³/mol. The number of likely N-dealkylation sites (tertiary alicyclic amines) is 2. The van der Waals surface area contributed by atoms with Crippen LogP contribution in [0.4, 0.5) is 0 Å². The number of aryl methyl sites for hydroxylation is 1. The van der Waals surface area contributed by atoms with Gasteiger partial charge in [-0.15, -0.1) is 0 Å². The third kappa shape index (κ3) is 7.13. The molecule has 1 aromatic heterocycles. The zero-order valence-electron chi connectivity index (χ0n) is 23.2. The van der Waals surface area contributed by atoms with Gasteiger partial charge in [-0.05, 0) is 80.3 Å². The molecular weight excluding hydrogens is 498 g/mol. The second kappa shape index (κ2) is 12.9. The van der Waals surface area contributed by atoms with E-state index >= 15 is 0 Å². The molecule has 40 heavy (non-hydrogen) atoms. The van der Waals surface area contributed by atoms with Crippen molar-refractivity contribution in [3.05, 3.63) is 100 Å². The van der Waals surface area contributed by atoms with Crippen LogP contribution in [0.15, 0.2) is 66.9 Å². The average Bonchev–Trinajstić information content (AvgIpc) is 3.00. The van der Waals surface area contributed by atoms with Crippen molar-refractivity contribution >= 4 is 11.8 Å². The molecule has 3 heterocycles. The topological polar surface area (TPSA) is 89.3 Å². The van der Waals surface area contributed by atoms with Crippen LogP contribution in [0, 0.1) is 24.2 Å². The first-order valence-electron chi connectivity index (χ1n) is 14.3. The minimum absolute atomic E-state index is 0.0112. The first kappa shape index (κ1) is 27.5. The molecule has 7 heteroatoms. The zero-order valence-corrected chi connectivity index (χ0v) is 23.2. The molecule has 2 aliphatic heterocycles. The highest BCUT2D eigenvalue weighted by Crippen LogP contribution is 2.23. The van der Waals surface area contributed by atoms with Crippen LogP contribution in [-0.2, 0) is 13.0 Å². The first-order chi connectivity index (χ1) is 19.5. The summed E-state index contributed by atoms with van der Waals surface area (Å²) in [4.78, 5) is 34.5. The Morgan fingerprint density at radius 3 is 2.20 bits per heavy atom. The normalized spacial score (nSPS) is 16.9. The number of hydrogen-bond donors (Lipinski definition) is 1. The van der Waals surface area contributed by atoms with Crippen molar-refractivity contribution < 1.29 is 9.59 Å². The molecule has 2 amide bonds. The van der Waals surface area contributed by atoms with Crippen LogP contribution in [0.25, 0.3) is 0 Å². The van der Waals surface area contributed by atoms with Crippen molar-refractivity contribution in [2.24, 2.45) is 5.92 Å². The third-order valence-corrected chi connectivity index (χ3v) is 8.20. The van der Waals surface area contributed by atoms with Gasteiger partial charge in [0.2, 0.25) is 0 Å². The molecule has 2 saturated heterocycles. The van der Waals surface area contributed by atoms with Gasteiger partial charge in [-0.1, -0.05) is 42.0 Å². The summed E-state index contributed by atoms with van der Waals surface area (Å²) in [5.74, 6) is 0.392. The lowest BCUT2D eigenvalue weighted by Gasteiger charge is -2.32. The Morgan fingerprint density at radius 2 is 1.57 bits per heavy atom. The molecule has 5 rings (SSSR count). The number of amides is 2. The fraction of sp³-hybridized carbons (Fsp3) is 0.394. The largest absolute Gasteiger partial charge is 0.348 e. The number of carbonyl (C=O) groups is 2. The van der Waals surface area contributed by atoms with Gasteiger partial charge in [0.15, 0.2) is 0 Å². The van der Waals surface area contributed by atoms with Gasteiger partial charge in [-0.3, -0.25) is 19.5 Å². The lowest BCUT2D eigenvalue weighted by Crippen LogP contribution is -2.44. The van der Waals surface area contributed by atoms with Crippen molar-refractivity contribution in [3.63, 3.8) is 0 Å². The summed E-state index contributed by atoms with van der Waals surface area (Å²) >= 11 is 0. The molecule has 0 radical (unpaired) electrons. The highest BCUT2D eigenvalue weighted by Gasteiger charge is 2.25. The average molecular weight is 536 g/mol. The lowest BCUT2D eigenvalue weighted by molar-refractivity contribution is 0.0689. The Kier molecular flexibility index (Phi) is 8.87. The molecule has 1 N–H and O–H groups in total. The Balaban J connectivity index is 1.05. The van der Waals surface area contributed by atoms with Crippen molar-refractivity contribution in [2.45, 2.75) is 51.6 Å². The zero-order chi connectivity index (χ0) is 27.9. The summed E-state index contributed by atoms with van der Waals surface area (Å²) in [6.07, 6.45) is 6.34. The molecule has 0 atom stereocenters. The number of hydrogen-bond acceptors (Lipinski definition) is 5. The molecule has 0 aliphatic carbocycles. The van der Waals surface area contributed by atoms with Gasteiger partial charge in [-0.2, -0.15) is 5.26 Å². The van der Waals surface area contributed by atoms with E-state index in [2.05, 4.69) is 52.5 Å². The maximum atomic E-state index is 13.1. The predicted octanol–water partition coefficient (Wildman–Crippen LogP) is 4.75. The molecular formula is C33H37N5O2. The number of piperidine rings is 2. The fourth-order valence-electron chi connectivity index (χ4n) is 5.67. The van der Waals surface area contributed by atoms with Crippen molar-refractivity contribution in [1.29, 1.82) is 5.26 Å². The number of benzene rings is 2. The Bertz CT molecular complexity index is 1330. The summed E-state index contributed by atoms with van der Waals surface area (Å²) in [6, 6.07) is 22.1. The van der Waals surface area contributed by atoms with Gasteiger partial charge in [0, 0.05) is 45.0 Å². The van der Waals surface area contributed by atoms with Crippen LogP contribution in [0.2, 0.25) is 0 Å². The summed E-state index contributed by atoms with van der Waals surface area (Å²) in [5.41, 5.74) is 5.37. The summed E-state index contributed by atoms with van der Waals surface area (Å²) in [6.45, 7) is 6.24. The van der Waals surface area contributed by atoms with Crippen molar-refractivity contribution in [2.75, 3.05) is 26.2 Å². The standard InChI is InChI=1S/C33H37N5O2/c1-24-2-4-25(5-3-24)20-26-12-18-38(19-13-26)33(40)29-10-11-31(35-22-29)32(39)36-30-14-16-37(17-15-30)23-28-8-6-27(21-34)7-9-28/h2-11,22,26,30H,12-20,23H2,1H3,(H,36,39). The monoisotopic (exact) mass is 535 g/mol. The van der Waals surface area contributed by atoms with E-state index < -0.39 is 0 Å². The SMILES string of the molecule is Cc1ccc(CC2CCN(C(=O)c3ccc(C(=O)NC4CCN(Cc5ccc(C#N)cc5)CC4)nc3)CC2)cc1. The third-order valence-electron chi connectivity index (χ3n) is 8.20. The van der Waals surface area contributed by atoms with Crippen LogP contribution in [0.3, 0.4) is 0 Å². The second-order valence-corrected chi connectivity index (χ2v) is 11.2. The van der Waals surface area contributed by atoms with Gasteiger partial charge in [0.1, 0.15) is 5.69 Å². The Labute approximate surface area is 236 Å². The number of carbonyl (C=O) groups excluding carboxylic acids is 2. The molecule has 0 saturated carbocycles. The quantitative estimate of drug-likeness (QED) is 0.472. The summed E-state index contributed by atoms with van der Waals surface area (Å²) in [7, 11) is 0. The van der Waals surface area contributed by atoms with Gasteiger partial charge in [0.05, 0.1) is 17.2 Å². The van der Waals surface area contributed by atoms with E-state index in [1.54, 1.807) is 12.1 Å². The Morgan fingerprint density at radius 1 is 0.900 bits per heavy atom. The van der Waals surface area contributed by atoms with Crippen LogP contribution in [0.5, 0.6) is 0 Å². The minimum Gasteiger partial charge on any atom is -0.348 e. The molecule has 206 valence electrons. The minimum atomic E-state index is -0.193. The number of rotatable bonds is 7.